The zero-order valence-corrected chi connectivity index (χ0v) is 24.2. The molecule has 0 spiro atoms. The minimum absolute atomic E-state index is 0.0609. The van der Waals surface area contributed by atoms with Crippen molar-refractivity contribution in [3.63, 3.8) is 0 Å². The monoisotopic (exact) mass is 600 g/mol. The van der Waals surface area contributed by atoms with E-state index >= 15 is 0 Å². The highest BCUT2D eigenvalue weighted by Gasteiger charge is 2.46. The molecule has 226 valence electrons. The summed E-state index contributed by atoms with van der Waals surface area (Å²) in [6, 6.07) is 22.8. The quantitative estimate of drug-likeness (QED) is 0.275. The number of nitrogens with zero attached hydrogens (tertiary/aromatic N) is 2. The number of rotatable bonds is 8. The highest BCUT2D eigenvalue weighted by molar-refractivity contribution is 6.02. The van der Waals surface area contributed by atoms with Gasteiger partial charge in [-0.2, -0.15) is 10.1 Å². The fraction of sp³-hybridized carbons (Fsp3) is 0.188. The van der Waals surface area contributed by atoms with Gasteiger partial charge >= 0.3 is 23.9 Å². The molecule has 0 radical (unpaired) electrons. The van der Waals surface area contributed by atoms with Crippen molar-refractivity contribution in [2.75, 3.05) is 38.6 Å². The summed E-state index contributed by atoms with van der Waals surface area (Å²) >= 11 is 0. The molecular weight excluding hydrogens is 572 g/mol. The molecule has 44 heavy (non-hydrogen) atoms. The van der Waals surface area contributed by atoms with Crippen LogP contribution in [0.5, 0.6) is 0 Å². The number of hydroxylamine groups is 2. The Balaban J connectivity index is 1.64. The zero-order chi connectivity index (χ0) is 31.4. The second-order valence-corrected chi connectivity index (χ2v) is 9.43. The molecule has 0 bridgehead atoms. The Morgan fingerprint density at radius 2 is 0.818 bits per heavy atom. The van der Waals surface area contributed by atoms with E-state index in [1.54, 1.807) is 72.8 Å². The van der Waals surface area contributed by atoms with Crippen molar-refractivity contribution >= 4 is 35.3 Å². The van der Waals surface area contributed by atoms with Crippen molar-refractivity contribution in [3.05, 3.63) is 119 Å². The Hall–Kier alpha value is -5.78. The number of hydrogen-bond donors (Lipinski definition) is 0. The van der Waals surface area contributed by atoms with Crippen LogP contribution in [0.2, 0.25) is 0 Å². The summed E-state index contributed by atoms with van der Waals surface area (Å²) in [5.41, 5.74) is 2.07. The van der Waals surface area contributed by atoms with E-state index in [9.17, 15) is 19.2 Å². The molecule has 0 saturated heterocycles. The van der Waals surface area contributed by atoms with Gasteiger partial charge in [0.25, 0.3) is 11.5 Å². The molecule has 0 unspecified atom stereocenters. The molecule has 0 N–H and O–H groups in total. The van der Waals surface area contributed by atoms with Crippen molar-refractivity contribution in [1.29, 1.82) is 0 Å². The van der Waals surface area contributed by atoms with Gasteiger partial charge in [-0.1, -0.05) is 60.7 Å². The molecule has 12 heteroatoms. The Labute approximate surface area is 252 Å². The first-order chi connectivity index (χ1) is 21.3. The van der Waals surface area contributed by atoms with Crippen molar-refractivity contribution in [2.45, 2.75) is 12.1 Å². The number of para-hydroxylation sites is 2. The molecular formula is C32H28N2O10. The van der Waals surface area contributed by atoms with E-state index in [2.05, 4.69) is 0 Å². The first kappa shape index (κ1) is 29.7. The number of hydrogen-bond acceptors (Lipinski definition) is 12. The third-order valence-electron chi connectivity index (χ3n) is 7.03. The average molecular weight is 601 g/mol. The van der Waals surface area contributed by atoms with Gasteiger partial charge in [-0.15, -0.1) is 0 Å². The van der Waals surface area contributed by atoms with Crippen LogP contribution in [0.3, 0.4) is 0 Å². The van der Waals surface area contributed by atoms with Crippen LogP contribution in [-0.4, -0.2) is 52.3 Å². The van der Waals surface area contributed by atoms with Gasteiger partial charge in [-0.25, -0.2) is 19.2 Å². The van der Waals surface area contributed by atoms with Gasteiger partial charge in [0.2, 0.25) is 0 Å². The first-order valence-corrected chi connectivity index (χ1v) is 13.3. The standard InChI is InChI=1S/C32H28N2O10/c1-39-29(35)23-25(33(21-11-7-5-8-12-21)43-27(23)31(37)41-3)19-15-17-20(18-16-19)26-24(30(36)40-2)28(32(38)42-4)44-34(26)22-13-9-6-10-14-22/h5-18,25-26H,1-4H3/t25-,26-/m1/s1. The summed E-state index contributed by atoms with van der Waals surface area (Å²) in [7, 11) is 4.76. The predicted octanol–water partition coefficient (Wildman–Crippen LogP) is 3.87. The van der Waals surface area contributed by atoms with Crippen LogP contribution < -0.4 is 10.1 Å². The minimum Gasteiger partial charge on any atom is -0.465 e. The number of anilines is 2. The maximum absolute atomic E-state index is 13.0. The molecule has 0 amide bonds. The molecule has 2 aliphatic heterocycles. The first-order valence-electron chi connectivity index (χ1n) is 13.3. The van der Waals surface area contributed by atoms with Crippen LogP contribution >= 0.6 is 0 Å². The number of methoxy groups -OCH3 is 4. The lowest BCUT2D eigenvalue weighted by Gasteiger charge is -2.28. The van der Waals surface area contributed by atoms with Crippen molar-refractivity contribution in [2.24, 2.45) is 0 Å². The molecule has 0 aliphatic carbocycles. The van der Waals surface area contributed by atoms with E-state index in [0.29, 0.717) is 22.5 Å². The van der Waals surface area contributed by atoms with E-state index in [-0.39, 0.29) is 22.7 Å². The smallest absolute Gasteiger partial charge is 0.377 e. The Bertz CT molecular complexity index is 1510. The lowest BCUT2D eigenvalue weighted by Crippen LogP contribution is -2.27. The highest BCUT2D eigenvalue weighted by Crippen LogP contribution is 2.45. The normalized spacial score (nSPS) is 17.5. The summed E-state index contributed by atoms with van der Waals surface area (Å²) in [5.74, 6) is -3.89. The van der Waals surface area contributed by atoms with E-state index in [1.807, 2.05) is 12.1 Å². The summed E-state index contributed by atoms with van der Waals surface area (Å²) < 4.78 is 19.8. The number of esters is 4. The van der Waals surface area contributed by atoms with Gasteiger partial charge < -0.3 is 28.6 Å². The lowest BCUT2D eigenvalue weighted by molar-refractivity contribution is -0.141. The maximum atomic E-state index is 13.0. The highest BCUT2D eigenvalue weighted by atomic mass is 16.7. The van der Waals surface area contributed by atoms with Crippen LogP contribution in [0.15, 0.2) is 108 Å². The van der Waals surface area contributed by atoms with Gasteiger partial charge in [0, 0.05) is 0 Å². The van der Waals surface area contributed by atoms with E-state index in [0.717, 1.165) is 0 Å². The largest absolute Gasteiger partial charge is 0.465 e. The predicted molar refractivity (Wildman–Crippen MR) is 154 cm³/mol. The molecule has 0 aromatic heterocycles. The van der Waals surface area contributed by atoms with Crippen molar-refractivity contribution in [1.82, 2.24) is 0 Å². The topological polar surface area (TPSA) is 130 Å². The SMILES string of the molecule is COC(=O)C1=C(C(=O)OC)[C@@H](c2ccc([C@@H]3C(C(=O)OC)=C(C(=O)OC)ON3c3ccccc3)cc2)N(c2ccccc2)O1. The van der Waals surface area contributed by atoms with E-state index in [1.165, 1.54) is 38.6 Å². The van der Waals surface area contributed by atoms with Crippen LogP contribution in [0.1, 0.15) is 23.2 Å². The fourth-order valence-corrected chi connectivity index (χ4v) is 5.01. The van der Waals surface area contributed by atoms with E-state index in [4.69, 9.17) is 28.6 Å². The number of carbonyl (C=O) groups excluding carboxylic acids is 4. The van der Waals surface area contributed by atoms with Crippen LogP contribution in [-0.2, 0) is 47.8 Å². The summed E-state index contributed by atoms with van der Waals surface area (Å²) in [6.45, 7) is 0. The van der Waals surface area contributed by atoms with Crippen molar-refractivity contribution in [3.8, 4) is 0 Å². The Morgan fingerprint density at radius 3 is 1.11 bits per heavy atom. The second-order valence-electron chi connectivity index (χ2n) is 9.43. The van der Waals surface area contributed by atoms with Gasteiger partial charge in [0.05, 0.1) is 39.8 Å². The maximum Gasteiger partial charge on any atom is 0.377 e. The average Bonchev–Trinajstić information content (AvgIpc) is 3.68. The van der Waals surface area contributed by atoms with Crippen molar-refractivity contribution < 1.29 is 47.8 Å². The minimum atomic E-state index is -0.917. The molecule has 5 rings (SSSR count). The van der Waals surface area contributed by atoms with Gasteiger partial charge in [-0.3, -0.25) is 0 Å². The van der Waals surface area contributed by atoms with Gasteiger partial charge in [0.1, 0.15) is 23.2 Å². The van der Waals surface area contributed by atoms with Gasteiger partial charge in [0.15, 0.2) is 0 Å². The zero-order valence-electron chi connectivity index (χ0n) is 24.2. The van der Waals surface area contributed by atoms with Crippen LogP contribution in [0.4, 0.5) is 11.4 Å². The van der Waals surface area contributed by atoms with Crippen LogP contribution in [0, 0.1) is 0 Å². The molecule has 3 aromatic rings. The molecule has 3 aromatic carbocycles. The summed E-state index contributed by atoms with van der Waals surface area (Å²) in [4.78, 5) is 63.3. The van der Waals surface area contributed by atoms with Gasteiger partial charge in [-0.05, 0) is 35.4 Å². The molecule has 2 heterocycles. The second kappa shape index (κ2) is 12.6. The van der Waals surface area contributed by atoms with Crippen LogP contribution in [0.25, 0.3) is 0 Å². The Morgan fingerprint density at radius 1 is 0.500 bits per heavy atom. The summed E-state index contributed by atoms with van der Waals surface area (Å²) in [6.07, 6.45) is 0. The Kier molecular flexibility index (Phi) is 8.51. The number of ether oxygens (including phenoxy) is 4. The van der Waals surface area contributed by atoms with E-state index < -0.39 is 36.0 Å². The number of carbonyl (C=O) groups is 4. The third-order valence-corrected chi connectivity index (χ3v) is 7.03. The fourth-order valence-electron chi connectivity index (χ4n) is 5.01. The number of benzene rings is 3. The third kappa shape index (κ3) is 5.28. The lowest BCUT2D eigenvalue weighted by atomic mass is 9.92. The molecule has 12 nitrogen and oxygen atoms in total. The molecule has 0 fully saturated rings. The summed E-state index contributed by atoms with van der Waals surface area (Å²) in [5, 5.41) is 2.83. The molecule has 2 aliphatic rings. The molecule has 2 atom stereocenters. The molecule has 0 saturated carbocycles.